The fourth-order valence-corrected chi connectivity index (χ4v) is 6.78. The summed E-state index contributed by atoms with van der Waals surface area (Å²) in [6.07, 6.45) is 1.57. The van der Waals surface area contributed by atoms with Crippen LogP contribution in [0.2, 0.25) is 5.02 Å². The van der Waals surface area contributed by atoms with E-state index in [9.17, 15) is 25.0 Å². The molecule has 1 amide bonds. The number of non-ortho nitro benzene ring substituents is 1. The summed E-state index contributed by atoms with van der Waals surface area (Å²) in [7, 11) is 0. The lowest BCUT2D eigenvalue weighted by molar-refractivity contribution is -0.534. The summed E-state index contributed by atoms with van der Waals surface area (Å²) >= 11 is 6.59. The number of hydrogen-bond acceptors (Lipinski definition) is 7. The van der Waals surface area contributed by atoms with Crippen molar-refractivity contribution in [1.29, 1.82) is 0 Å². The molecule has 0 radical (unpaired) electrons. The monoisotopic (exact) mass is 534 g/mol. The van der Waals surface area contributed by atoms with Crippen molar-refractivity contribution in [2.45, 2.75) is 43.0 Å². The van der Waals surface area contributed by atoms with Crippen molar-refractivity contribution in [3.63, 3.8) is 0 Å². The van der Waals surface area contributed by atoms with Gasteiger partial charge in [-0.3, -0.25) is 29.9 Å². The number of fused-ring (bicyclic) bond motifs is 4. The number of nitrogens with zero attached hydrogens (tertiary/aromatic N) is 3. The summed E-state index contributed by atoms with van der Waals surface area (Å²) in [5, 5.41) is 26.9. The quantitative estimate of drug-likeness (QED) is 0.352. The number of carbonyl (C=O) groups excluding carboxylic acids is 1. The summed E-state index contributed by atoms with van der Waals surface area (Å²) in [6.45, 7) is 0.656. The lowest BCUT2D eigenvalue weighted by Gasteiger charge is -2.32. The van der Waals surface area contributed by atoms with Crippen LogP contribution in [-0.4, -0.2) is 39.3 Å². The molecule has 2 fully saturated rings. The average molecular weight is 535 g/mol. The third kappa shape index (κ3) is 3.55. The fourth-order valence-electron chi connectivity index (χ4n) is 6.54. The van der Waals surface area contributed by atoms with Gasteiger partial charge in [-0.1, -0.05) is 48.0 Å². The van der Waals surface area contributed by atoms with Gasteiger partial charge in [-0.15, -0.1) is 0 Å². The molecule has 11 heteroatoms. The minimum Gasteiger partial charge on any atom is -0.487 e. The van der Waals surface area contributed by atoms with Gasteiger partial charge in [0.1, 0.15) is 12.4 Å². The minimum atomic E-state index is -1.39. The Morgan fingerprint density at radius 3 is 2.66 bits per heavy atom. The third-order valence-corrected chi connectivity index (χ3v) is 8.25. The van der Waals surface area contributed by atoms with E-state index >= 15 is 0 Å². The van der Waals surface area contributed by atoms with Gasteiger partial charge in [0.2, 0.25) is 0 Å². The van der Waals surface area contributed by atoms with Gasteiger partial charge >= 0.3 is 0 Å². The van der Waals surface area contributed by atoms with Gasteiger partial charge in [0.15, 0.2) is 5.54 Å². The Labute approximate surface area is 222 Å². The number of amides is 1. The van der Waals surface area contributed by atoms with Crippen molar-refractivity contribution in [3.8, 4) is 5.75 Å². The van der Waals surface area contributed by atoms with E-state index in [-0.39, 0.29) is 34.2 Å². The number of para-hydroxylation sites is 1. The third-order valence-electron chi connectivity index (χ3n) is 7.95. The maximum absolute atomic E-state index is 13.6. The molecule has 194 valence electrons. The summed E-state index contributed by atoms with van der Waals surface area (Å²) in [5.74, 6) is -0.565. The van der Waals surface area contributed by atoms with Gasteiger partial charge in [0.05, 0.1) is 15.9 Å². The van der Waals surface area contributed by atoms with Gasteiger partial charge in [-0.2, -0.15) is 0 Å². The molecule has 3 aromatic carbocycles. The molecule has 3 aliphatic heterocycles. The van der Waals surface area contributed by atoms with E-state index in [1.165, 1.54) is 12.1 Å². The number of benzene rings is 3. The predicted octanol–water partition coefficient (Wildman–Crippen LogP) is 4.88. The zero-order valence-electron chi connectivity index (χ0n) is 20.1. The van der Waals surface area contributed by atoms with E-state index in [4.69, 9.17) is 16.3 Å². The smallest absolute Gasteiger partial charge is 0.269 e. The van der Waals surface area contributed by atoms with Crippen LogP contribution < -0.4 is 10.1 Å². The van der Waals surface area contributed by atoms with Crippen LogP contribution >= 0.6 is 11.6 Å². The number of hydrogen-bond donors (Lipinski definition) is 1. The number of anilines is 1. The van der Waals surface area contributed by atoms with Crippen molar-refractivity contribution in [3.05, 3.63) is 109 Å². The highest BCUT2D eigenvalue weighted by atomic mass is 35.5. The van der Waals surface area contributed by atoms with Crippen molar-refractivity contribution in [2.24, 2.45) is 0 Å². The molecule has 0 aromatic heterocycles. The van der Waals surface area contributed by atoms with Gasteiger partial charge in [0, 0.05) is 40.9 Å². The standard InChI is InChI=1S/C27H23ClN4O6/c28-20-14-17(10-11-23(20)38-15-16-5-3-6-18(13-16)31(34)35)24-22-9-4-12-30(22)27(25(24)32(36)37)19-7-1-2-8-21(19)29-26(27)33/h1-3,5-8,10-11,13-14,22,24-25H,4,9,12,15H2,(H,29,33)/t22-,24-,25-,27+/m1/s1. The predicted molar refractivity (Wildman–Crippen MR) is 139 cm³/mol. The molecule has 3 aromatic rings. The van der Waals surface area contributed by atoms with Crippen LogP contribution in [0.1, 0.15) is 35.4 Å². The van der Waals surface area contributed by atoms with Gasteiger partial charge in [-0.05, 0) is 42.2 Å². The molecule has 0 bridgehead atoms. The molecule has 6 rings (SSSR count). The molecule has 4 atom stereocenters. The minimum absolute atomic E-state index is 0.0350. The van der Waals surface area contributed by atoms with Crippen LogP contribution in [-0.2, 0) is 16.9 Å². The van der Waals surface area contributed by atoms with Gasteiger partial charge < -0.3 is 10.1 Å². The molecular weight excluding hydrogens is 512 g/mol. The Morgan fingerprint density at radius 1 is 1.08 bits per heavy atom. The van der Waals surface area contributed by atoms with E-state index < -0.39 is 22.4 Å². The van der Waals surface area contributed by atoms with Gasteiger partial charge in [-0.25, -0.2) is 0 Å². The maximum atomic E-state index is 13.6. The number of nitro groups is 2. The second-order valence-electron chi connectivity index (χ2n) is 9.83. The molecular formula is C27H23ClN4O6. The summed E-state index contributed by atoms with van der Waals surface area (Å²) in [6, 6.07) is 17.0. The van der Waals surface area contributed by atoms with Crippen molar-refractivity contribution in [1.82, 2.24) is 4.90 Å². The summed E-state index contributed by atoms with van der Waals surface area (Å²) < 4.78 is 5.83. The first-order valence-electron chi connectivity index (χ1n) is 12.3. The van der Waals surface area contributed by atoms with Crippen LogP contribution in [0.15, 0.2) is 66.7 Å². The molecule has 38 heavy (non-hydrogen) atoms. The molecule has 1 N–H and O–H groups in total. The fraction of sp³-hybridized carbons (Fsp3) is 0.296. The van der Waals surface area contributed by atoms with Crippen LogP contribution in [0.4, 0.5) is 11.4 Å². The summed E-state index contributed by atoms with van der Waals surface area (Å²) in [4.78, 5) is 38.5. The van der Waals surface area contributed by atoms with E-state index in [2.05, 4.69) is 5.32 Å². The highest BCUT2D eigenvalue weighted by Gasteiger charge is 2.73. The topological polar surface area (TPSA) is 128 Å². The maximum Gasteiger partial charge on any atom is 0.269 e. The Hall–Kier alpha value is -4.02. The van der Waals surface area contributed by atoms with E-state index in [1.807, 2.05) is 4.90 Å². The lowest BCUT2D eigenvalue weighted by atomic mass is 9.77. The normalized spacial score (nSPS) is 25.7. The lowest BCUT2D eigenvalue weighted by Crippen LogP contribution is -2.55. The number of carbonyl (C=O) groups is 1. The van der Waals surface area contributed by atoms with E-state index in [0.717, 1.165) is 12.8 Å². The largest absolute Gasteiger partial charge is 0.487 e. The first kappa shape index (κ1) is 24.3. The number of halogens is 1. The second-order valence-corrected chi connectivity index (χ2v) is 10.2. The number of rotatable bonds is 6. The second kappa shape index (κ2) is 9.07. The Balaban J connectivity index is 1.35. The van der Waals surface area contributed by atoms with Crippen molar-refractivity contribution < 1.29 is 19.4 Å². The highest BCUT2D eigenvalue weighted by Crippen LogP contribution is 2.58. The SMILES string of the molecule is O=C1Nc2ccccc2[C@]12[C@H]([N+](=O)[O-])[C@H](c1ccc(OCc3cccc([N+](=O)[O-])c3)c(Cl)c1)[C@H]1CCCN12. The number of nitrogens with one attached hydrogen (secondary N) is 1. The zero-order valence-corrected chi connectivity index (χ0v) is 20.8. The molecule has 10 nitrogen and oxygen atoms in total. The van der Waals surface area contributed by atoms with Gasteiger partial charge in [0.25, 0.3) is 17.6 Å². The molecule has 0 aliphatic carbocycles. The van der Waals surface area contributed by atoms with Crippen LogP contribution in [0.5, 0.6) is 5.75 Å². The molecule has 2 saturated heterocycles. The zero-order chi connectivity index (χ0) is 26.6. The Morgan fingerprint density at radius 2 is 1.89 bits per heavy atom. The van der Waals surface area contributed by atoms with Crippen LogP contribution in [0.3, 0.4) is 0 Å². The van der Waals surface area contributed by atoms with Crippen molar-refractivity contribution >= 4 is 28.9 Å². The molecule has 3 aliphatic rings. The Bertz CT molecular complexity index is 1480. The highest BCUT2D eigenvalue weighted by molar-refractivity contribution is 6.32. The van der Waals surface area contributed by atoms with Crippen LogP contribution in [0.25, 0.3) is 0 Å². The number of nitro benzene ring substituents is 1. The van der Waals surface area contributed by atoms with E-state index in [0.29, 0.717) is 34.7 Å². The number of ether oxygens (including phenoxy) is 1. The molecule has 3 heterocycles. The Kier molecular flexibility index (Phi) is 5.81. The molecule has 0 unspecified atom stereocenters. The van der Waals surface area contributed by atoms with E-state index in [1.54, 1.807) is 54.6 Å². The molecule has 0 saturated carbocycles. The van der Waals surface area contributed by atoms with Crippen molar-refractivity contribution in [2.75, 3.05) is 11.9 Å². The van der Waals surface area contributed by atoms with Crippen LogP contribution in [0, 0.1) is 20.2 Å². The molecule has 1 spiro atoms. The first-order valence-corrected chi connectivity index (χ1v) is 12.7. The first-order chi connectivity index (χ1) is 18.3. The average Bonchev–Trinajstić information content (AvgIpc) is 3.56. The summed E-state index contributed by atoms with van der Waals surface area (Å²) in [5.41, 5.74) is 1.11.